The van der Waals surface area contributed by atoms with Gasteiger partial charge in [-0.1, -0.05) is 26.0 Å². The van der Waals surface area contributed by atoms with Gasteiger partial charge in [0.2, 0.25) is 0 Å². The summed E-state index contributed by atoms with van der Waals surface area (Å²) in [5.41, 5.74) is 2.56. The summed E-state index contributed by atoms with van der Waals surface area (Å²) >= 11 is 0. The van der Waals surface area contributed by atoms with Crippen molar-refractivity contribution in [3.8, 4) is 0 Å². The normalized spacial score (nSPS) is 18.6. The molecule has 1 aliphatic heterocycles. The number of rotatable bonds is 4. The van der Waals surface area contributed by atoms with Gasteiger partial charge in [-0.2, -0.15) is 0 Å². The SMILES string of the molecule is Cc1ncccc1C(=O)N1CCCN(Cc2ccc(F)cc2)[C@@H](C(C)C)C1. The second-order valence-electron chi connectivity index (χ2n) is 7.65. The molecule has 0 saturated carbocycles. The van der Waals surface area contributed by atoms with Crippen LogP contribution in [0.4, 0.5) is 4.39 Å². The first kappa shape index (κ1) is 19.5. The lowest BCUT2D eigenvalue weighted by Crippen LogP contribution is -2.45. The summed E-state index contributed by atoms with van der Waals surface area (Å²) in [5, 5.41) is 0. The summed E-state index contributed by atoms with van der Waals surface area (Å²) in [6.45, 7) is 9.43. The van der Waals surface area contributed by atoms with E-state index in [9.17, 15) is 9.18 Å². The van der Waals surface area contributed by atoms with Gasteiger partial charge in [-0.3, -0.25) is 14.7 Å². The Balaban J connectivity index is 1.77. The van der Waals surface area contributed by atoms with E-state index in [4.69, 9.17) is 0 Å². The number of carbonyl (C=O) groups excluding carboxylic acids is 1. The Kier molecular flexibility index (Phi) is 6.22. The van der Waals surface area contributed by atoms with Gasteiger partial charge in [-0.05, 0) is 49.1 Å². The van der Waals surface area contributed by atoms with E-state index in [0.29, 0.717) is 18.0 Å². The Morgan fingerprint density at radius 1 is 1.22 bits per heavy atom. The molecule has 1 aromatic heterocycles. The molecule has 2 heterocycles. The maximum Gasteiger partial charge on any atom is 0.255 e. The largest absolute Gasteiger partial charge is 0.337 e. The van der Waals surface area contributed by atoms with Crippen LogP contribution in [0, 0.1) is 18.7 Å². The maximum atomic E-state index is 13.2. The molecule has 1 aromatic carbocycles. The van der Waals surface area contributed by atoms with Gasteiger partial charge in [-0.25, -0.2) is 4.39 Å². The molecule has 5 heteroatoms. The third kappa shape index (κ3) is 4.72. The van der Waals surface area contributed by atoms with E-state index < -0.39 is 0 Å². The third-order valence-electron chi connectivity index (χ3n) is 5.34. The molecular formula is C22H28FN3O. The second kappa shape index (κ2) is 8.61. The van der Waals surface area contributed by atoms with Crippen molar-refractivity contribution in [3.05, 3.63) is 65.2 Å². The smallest absolute Gasteiger partial charge is 0.255 e. The molecule has 1 atom stereocenters. The van der Waals surface area contributed by atoms with Crippen molar-refractivity contribution in [2.24, 2.45) is 5.92 Å². The number of hydrogen-bond acceptors (Lipinski definition) is 3. The molecule has 1 aliphatic rings. The number of halogens is 1. The molecule has 0 aliphatic carbocycles. The molecule has 1 fully saturated rings. The van der Waals surface area contributed by atoms with Gasteiger partial charge in [0.1, 0.15) is 5.82 Å². The minimum absolute atomic E-state index is 0.0647. The first-order valence-corrected chi connectivity index (χ1v) is 9.65. The van der Waals surface area contributed by atoms with Crippen LogP contribution >= 0.6 is 0 Å². The van der Waals surface area contributed by atoms with Crippen molar-refractivity contribution in [2.75, 3.05) is 19.6 Å². The topological polar surface area (TPSA) is 36.4 Å². The standard InChI is InChI=1S/C22H28FN3O/c1-16(2)21-15-26(22(27)20-6-4-11-24-17(20)3)13-5-12-25(21)14-18-7-9-19(23)10-8-18/h4,6-11,16,21H,5,12-15H2,1-3H3/t21-/m1/s1. The van der Waals surface area contributed by atoms with Gasteiger partial charge in [0.15, 0.2) is 0 Å². The van der Waals surface area contributed by atoms with Gasteiger partial charge < -0.3 is 4.90 Å². The van der Waals surface area contributed by atoms with Crippen molar-refractivity contribution in [3.63, 3.8) is 0 Å². The zero-order valence-electron chi connectivity index (χ0n) is 16.4. The van der Waals surface area contributed by atoms with Gasteiger partial charge in [0, 0.05) is 44.1 Å². The van der Waals surface area contributed by atoms with E-state index >= 15 is 0 Å². The Bertz CT molecular complexity index is 775. The summed E-state index contributed by atoms with van der Waals surface area (Å²) in [4.78, 5) is 21.7. The Morgan fingerprint density at radius 2 is 1.96 bits per heavy atom. The van der Waals surface area contributed by atoms with Crippen molar-refractivity contribution in [1.29, 1.82) is 0 Å². The second-order valence-corrected chi connectivity index (χ2v) is 7.65. The third-order valence-corrected chi connectivity index (χ3v) is 5.34. The van der Waals surface area contributed by atoms with Gasteiger partial charge in [0.25, 0.3) is 5.91 Å². The van der Waals surface area contributed by atoms with Gasteiger partial charge in [0.05, 0.1) is 5.56 Å². The predicted molar refractivity (Wildman–Crippen MR) is 105 cm³/mol. The number of pyridine rings is 1. The predicted octanol–water partition coefficient (Wildman–Crippen LogP) is 3.90. The van der Waals surface area contributed by atoms with Crippen LogP contribution in [0.25, 0.3) is 0 Å². The molecule has 0 N–H and O–H groups in total. The number of hydrogen-bond donors (Lipinski definition) is 0. The Labute approximate surface area is 161 Å². The van der Waals surface area contributed by atoms with Crippen LogP contribution in [0.15, 0.2) is 42.6 Å². The Hall–Kier alpha value is -2.27. The average molecular weight is 369 g/mol. The van der Waals surface area contributed by atoms with Crippen LogP contribution in [0.1, 0.15) is 41.9 Å². The van der Waals surface area contributed by atoms with E-state index in [2.05, 4.69) is 23.7 Å². The lowest BCUT2D eigenvalue weighted by molar-refractivity contribution is 0.0701. The molecule has 4 nitrogen and oxygen atoms in total. The lowest BCUT2D eigenvalue weighted by atomic mass is 10.0. The van der Waals surface area contributed by atoms with E-state index in [0.717, 1.165) is 37.3 Å². The van der Waals surface area contributed by atoms with Crippen molar-refractivity contribution < 1.29 is 9.18 Å². The van der Waals surface area contributed by atoms with Crippen molar-refractivity contribution in [2.45, 2.75) is 39.8 Å². The number of aromatic nitrogens is 1. The van der Waals surface area contributed by atoms with Crippen LogP contribution < -0.4 is 0 Å². The summed E-state index contributed by atoms with van der Waals surface area (Å²) in [5.74, 6) is 0.266. The van der Waals surface area contributed by atoms with Crippen LogP contribution in [0.3, 0.4) is 0 Å². The molecule has 1 saturated heterocycles. The Morgan fingerprint density at radius 3 is 2.63 bits per heavy atom. The molecule has 144 valence electrons. The first-order chi connectivity index (χ1) is 13.0. The molecule has 0 unspecified atom stereocenters. The lowest BCUT2D eigenvalue weighted by Gasteiger charge is -2.34. The zero-order valence-corrected chi connectivity index (χ0v) is 16.4. The highest BCUT2D eigenvalue weighted by atomic mass is 19.1. The summed E-state index contributed by atoms with van der Waals surface area (Å²) < 4.78 is 13.2. The summed E-state index contributed by atoms with van der Waals surface area (Å²) in [7, 11) is 0. The highest BCUT2D eigenvalue weighted by molar-refractivity contribution is 5.95. The molecule has 1 amide bonds. The van der Waals surface area contributed by atoms with Crippen molar-refractivity contribution in [1.82, 2.24) is 14.8 Å². The quantitative estimate of drug-likeness (QED) is 0.820. The molecule has 0 radical (unpaired) electrons. The monoisotopic (exact) mass is 369 g/mol. The maximum absolute atomic E-state index is 13.2. The highest BCUT2D eigenvalue weighted by Crippen LogP contribution is 2.22. The molecule has 0 spiro atoms. The van der Waals surface area contributed by atoms with Gasteiger partial charge >= 0.3 is 0 Å². The minimum Gasteiger partial charge on any atom is -0.337 e. The number of amides is 1. The molecule has 27 heavy (non-hydrogen) atoms. The molecular weight excluding hydrogens is 341 g/mol. The van der Waals surface area contributed by atoms with E-state index in [1.54, 1.807) is 6.20 Å². The molecule has 2 aromatic rings. The highest BCUT2D eigenvalue weighted by Gasteiger charge is 2.30. The number of nitrogens with zero attached hydrogens (tertiary/aromatic N) is 3. The van der Waals surface area contributed by atoms with Crippen LogP contribution in [-0.2, 0) is 6.54 Å². The van der Waals surface area contributed by atoms with Crippen molar-refractivity contribution >= 4 is 5.91 Å². The number of aryl methyl sites for hydroxylation is 1. The van der Waals surface area contributed by atoms with E-state index in [-0.39, 0.29) is 17.8 Å². The van der Waals surface area contributed by atoms with E-state index in [1.165, 1.54) is 12.1 Å². The molecule has 3 rings (SSSR count). The summed E-state index contributed by atoms with van der Waals surface area (Å²) in [6.07, 6.45) is 2.64. The minimum atomic E-state index is -0.210. The summed E-state index contributed by atoms with van der Waals surface area (Å²) in [6, 6.07) is 10.7. The number of carbonyl (C=O) groups is 1. The fourth-order valence-electron chi connectivity index (χ4n) is 3.78. The average Bonchev–Trinajstić information content (AvgIpc) is 2.86. The fourth-order valence-corrected chi connectivity index (χ4v) is 3.78. The van der Waals surface area contributed by atoms with Crippen LogP contribution in [-0.4, -0.2) is 46.4 Å². The fraction of sp³-hybridized carbons (Fsp3) is 0.455. The van der Waals surface area contributed by atoms with Crippen LogP contribution in [0.2, 0.25) is 0 Å². The molecule has 0 bridgehead atoms. The zero-order chi connectivity index (χ0) is 19.4. The van der Waals surface area contributed by atoms with Crippen LogP contribution in [0.5, 0.6) is 0 Å². The number of benzene rings is 1. The van der Waals surface area contributed by atoms with Gasteiger partial charge in [-0.15, -0.1) is 0 Å². The first-order valence-electron chi connectivity index (χ1n) is 9.65. The van der Waals surface area contributed by atoms with E-state index in [1.807, 2.05) is 36.1 Å².